The van der Waals surface area contributed by atoms with Gasteiger partial charge in [-0.15, -0.1) is 11.8 Å². The molecule has 0 amide bonds. The van der Waals surface area contributed by atoms with Gasteiger partial charge in [0, 0.05) is 38.9 Å². The molecule has 1 aliphatic rings. The van der Waals surface area contributed by atoms with Gasteiger partial charge in [0.2, 0.25) is 10.0 Å². The summed E-state index contributed by atoms with van der Waals surface area (Å²) in [5, 5.41) is 0.884. The largest absolute Gasteiger partial charge is 0.296 e. The molecule has 0 atom stereocenters. The van der Waals surface area contributed by atoms with E-state index in [9.17, 15) is 8.42 Å². The Morgan fingerprint density at radius 3 is 2.41 bits per heavy atom. The Labute approximate surface area is 166 Å². The van der Waals surface area contributed by atoms with E-state index in [2.05, 4.69) is 28.9 Å². The zero-order valence-corrected chi connectivity index (χ0v) is 17.4. The minimum absolute atomic E-state index is 0.291. The Balaban J connectivity index is 1.56. The predicted octanol–water partition coefficient (Wildman–Crippen LogP) is 3.48. The molecule has 146 valence electrons. The molecule has 1 aromatic carbocycles. The van der Waals surface area contributed by atoms with E-state index in [1.807, 2.05) is 24.3 Å². The van der Waals surface area contributed by atoms with Crippen LogP contribution in [0.15, 0.2) is 58.6 Å². The van der Waals surface area contributed by atoms with Crippen molar-refractivity contribution < 1.29 is 8.42 Å². The van der Waals surface area contributed by atoms with E-state index in [1.54, 1.807) is 22.1 Å². The highest BCUT2D eigenvalue weighted by molar-refractivity contribution is 7.99. The number of aromatic nitrogens is 1. The van der Waals surface area contributed by atoms with Crippen molar-refractivity contribution >= 4 is 21.8 Å². The van der Waals surface area contributed by atoms with Crippen LogP contribution in [0, 0.1) is 0 Å². The summed E-state index contributed by atoms with van der Waals surface area (Å²) in [6.07, 6.45) is 3.79. The van der Waals surface area contributed by atoms with E-state index in [-0.39, 0.29) is 0 Å². The Morgan fingerprint density at radius 1 is 1.04 bits per heavy atom. The fourth-order valence-corrected chi connectivity index (χ4v) is 5.35. The standard InChI is InChI=1S/C20H27N3O2S2/c1-2-3-15-26-20-10-9-19(16-21-20)27(24,25)23-13-11-22(12-14-23)17-18-7-5-4-6-8-18/h4-10,16H,2-3,11-15,17H2,1H3. The van der Waals surface area contributed by atoms with Crippen LogP contribution in [0.3, 0.4) is 0 Å². The van der Waals surface area contributed by atoms with Crippen molar-refractivity contribution in [2.75, 3.05) is 31.9 Å². The summed E-state index contributed by atoms with van der Waals surface area (Å²) in [6.45, 7) is 5.53. The van der Waals surface area contributed by atoms with Crippen molar-refractivity contribution in [2.24, 2.45) is 0 Å². The highest BCUT2D eigenvalue weighted by Crippen LogP contribution is 2.21. The second kappa shape index (κ2) is 9.68. The molecule has 0 aliphatic carbocycles. The zero-order valence-electron chi connectivity index (χ0n) is 15.8. The number of rotatable bonds is 8. The van der Waals surface area contributed by atoms with Crippen LogP contribution < -0.4 is 0 Å². The minimum atomic E-state index is -3.47. The van der Waals surface area contributed by atoms with Crippen LogP contribution in [0.1, 0.15) is 25.3 Å². The summed E-state index contributed by atoms with van der Waals surface area (Å²) in [5.74, 6) is 1.01. The Kier molecular flexibility index (Phi) is 7.29. The first-order valence-electron chi connectivity index (χ1n) is 9.45. The molecule has 0 spiro atoms. The van der Waals surface area contributed by atoms with E-state index in [4.69, 9.17) is 0 Å². The third-order valence-electron chi connectivity index (χ3n) is 4.68. The number of nitrogens with zero attached hydrogens (tertiary/aromatic N) is 3. The SMILES string of the molecule is CCCCSc1ccc(S(=O)(=O)N2CCN(Cc3ccccc3)CC2)cn1. The molecule has 7 heteroatoms. The molecule has 5 nitrogen and oxygen atoms in total. The lowest BCUT2D eigenvalue weighted by molar-refractivity contribution is 0.181. The molecule has 0 unspecified atom stereocenters. The van der Waals surface area contributed by atoms with Crippen molar-refractivity contribution in [1.29, 1.82) is 0 Å². The third kappa shape index (κ3) is 5.54. The molecule has 1 saturated heterocycles. The number of hydrogen-bond acceptors (Lipinski definition) is 5. The van der Waals surface area contributed by atoms with Gasteiger partial charge < -0.3 is 0 Å². The number of hydrogen-bond donors (Lipinski definition) is 0. The molecule has 3 rings (SSSR count). The Bertz CT molecular complexity index is 803. The monoisotopic (exact) mass is 405 g/mol. The van der Waals surface area contributed by atoms with Crippen LogP contribution >= 0.6 is 11.8 Å². The topological polar surface area (TPSA) is 53.5 Å². The van der Waals surface area contributed by atoms with Gasteiger partial charge in [0.1, 0.15) is 4.90 Å². The average Bonchev–Trinajstić information content (AvgIpc) is 2.70. The van der Waals surface area contributed by atoms with Gasteiger partial charge in [-0.3, -0.25) is 4.90 Å². The summed E-state index contributed by atoms with van der Waals surface area (Å²) in [6, 6.07) is 13.8. The molecular weight excluding hydrogens is 378 g/mol. The smallest absolute Gasteiger partial charge is 0.244 e. The first-order chi connectivity index (χ1) is 13.1. The first kappa shape index (κ1) is 20.3. The second-order valence-electron chi connectivity index (χ2n) is 6.70. The maximum Gasteiger partial charge on any atom is 0.244 e. The van der Waals surface area contributed by atoms with Crippen molar-refractivity contribution in [1.82, 2.24) is 14.2 Å². The van der Waals surface area contributed by atoms with E-state index < -0.39 is 10.0 Å². The van der Waals surface area contributed by atoms with Gasteiger partial charge in [-0.25, -0.2) is 13.4 Å². The summed E-state index contributed by atoms with van der Waals surface area (Å²) in [4.78, 5) is 6.92. The van der Waals surface area contributed by atoms with Crippen molar-refractivity contribution in [3.63, 3.8) is 0 Å². The Morgan fingerprint density at radius 2 is 1.78 bits per heavy atom. The number of pyridine rings is 1. The predicted molar refractivity (Wildman–Crippen MR) is 110 cm³/mol. The molecule has 27 heavy (non-hydrogen) atoms. The van der Waals surface area contributed by atoms with Gasteiger partial charge in [0.25, 0.3) is 0 Å². The summed E-state index contributed by atoms with van der Waals surface area (Å²) in [5.41, 5.74) is 1.26. The van der Waals surface area contributed by atoms with Crippen molar-refractivity contribution in [2.45, 2.75) is 36.2 Å². The van der Waals surface area contributed by atoms with Crippen LogP contribution in [-0.2, 0) is 16.6 Å². The number of unbranched alkanes of at least 4 members (excludes halogenated alkanes) is 1. The fourth-order valence-electron chi connectivity index (χ4n) is 3.04. The lowest BCUT2D eigenvalue weighted by Gasteiger charge is -2.33. The van der Waals surface area contributed by atoms with Crippen molar-refractivity contribution in [3.05, 3.63) is 54.2 Å². The van der Waals surface area contributed by atoms with Crippen LogP contribution in [0.2, 0.25) is 0 Å². The van der Waals surface area contributed by atoms with Gasteiger partial charge >= 0.3 is 0 Å². The molecule has 1 fully saturated rings. The normalized spacial score (nSPS) is 16.5. The highest BCUT2D eigenvalue weighted by atomic mass is 32.2. The average molecular weight is 406 g/mol. The van der Waals surface area contributed by atoms with Gasteiger partial charge in [0.15, 0.2) is 0 Å². The lowest BCUT2D eigenvalue weighted by Crippen LogP contribution is -2.48. The van der Waals surface area contributed by atoms with E-state index in [0.29, 0.717) is 18.0 Å². The molecule has 0 saturated carbocycles. The fraction of sp³-hybridized carbons (Fsp3) is 0.450. The van der Waals surface area contributed by atoms with E-state index in [1.165, 1.54) is 11.8 Å². The molecule has 1 aromatic heterocycles. The maximum absolute atomic E-state index is 12.9. The molecular formula is C20H27N3O2S2. The maximum atomic E-state index is 12.9. The number of thioether (sulfide) groups is 1. The number of benzene rings is 1. The first-order valence-corrected chi connectivity index (χ1v) is 11.9. The van der Waals surface area contributed by atoms with E-state index in [0.717, 1.165) is 43.3 Å². The summed E-state index contributed by atoms with van der Waals surface area (Å²) < 4.78 is 27.3. The van der Waals surface area contributed by atoms with Gasteiger partial charge in [0.05, 0.1) is 5.03 Å². The van der Waals surface area contributed by atoms with Gasteiger partial charge in [-0.1, -0.05) is 43.7 Å². The Hall–Kier alpha value is -1.41. The molecule has 0 N–H and O–H groups in total. The lowest BCUT2D eigenvalue weighted by atomic mass is 10.2. The quantitative estimate of drug-likeness (QED) is 0.497. The van der Waals surface area contributed by atoms with Gasteiger partial charge in [-0.2, -0.15) is 4.31 Å². The highest BCUT2D eigenvalue weighted by Gasteiger charge is 2.28. The van der Waals surface area contributed by atoms with Crippen LogP contribution in [-0.4, -0.2) is 54.5 Å². The van der Waals surface area contributed by atoms with Crippen molar-refractivity contribution in [3.8, 4) is 0 Å². The summed E-state index contributed by atoms with van der Waals surface area (Å²) in [7, 11) is -3.47. The molecule has 0 radical (unpaired) electrons. The molecule has 2 aromatic rings. The van der Waals surface area contributed by atoms with Crippen LogP contribution in [0.5, 0.6) is 0 Å². The molecule has 0 bridgehead atoms. The van der Waals surface area contributed by atoms with Gasteiger partial charge in [-0.05, 0) is 29.9 Å². The molecule has 2 heterocycles. The van der Waals surface area contributed by atoms with Crippen LogP contribution in [0.25, 0.3) is 0 Å². The molecule has 1 aliphatic heterocycles. The third-order valence-corrected chi connectivity index (χ3v) is 7.59. The van der Waals surface area contributed by atoms with Crippen LogP contribution in [0.4, 0.5) is 0 Å². The summed E-state index contributed by atoms with van der Waals surface area (Å²) >= 11 is 1.67. The van der Waals surface area contributed by atoms with E-state index >= 15 is 0 Å². The number of sulfonamides is 1. The zero-order chi connectivity index (χ0) is 19.1. The number of piperazine rings is 1. The minimum Gasteiger partial charge on any atom is -0.296 e. The second-order valence-corrected chi connectivity index (χ2v) is 9.75.